The Morgan fingerprint density at radius 1 is 1.29 bits per heavy atom. The van der Waals surface area contributed by atoms with Crippen LogP contribution in [0.15, 0.2) is 40.8 Å². The highest BCUT2D eigenvalue weighted by Crippen LogP contribution is 2.36. The first-order valence-corrected chi connectivity index (χ1v) is 12.4. The van der Waals surface area contributed by atoms with Gasteiger partial charge in [0.1, 0.15) is 0 Å². The Bertz CT molecular complexity index is 836. The van der Waals surface area contributed by atoms with E-state index in [1.165, 1.54) is 37.1 Å². The average Bonchev–Trinajstić information content (AvgIpc) is 3.46. The number of nitrogens with zero attached hydrogens (tertiary/aromatic N) is 3. The van der Waals surface area contributed by atoms with E-state index in [9.17, 15) is 0 Å². The minimum absolute atomic E-state index is 0.482. The van der Waals surface area contributed by atoms with Gasteiger partial charge in [0.2, 0.25) is 5.88 Å². The Hall–Kier alpha value is -2.12. The molecule has 0 radical (unpaired) electrons. The molecule has 4 rings (SSSR count). The number of likely N-dealkylation sites (tertiary alicyclic amines) is 1. The molecule has 0 spiro atoms. The van der Waals surface area contributed by atoms with Crippen LogP contribution in [0.1, 0.15) is 49.1 Å². The predicted octanol–water partition coefficient (Wildman–Crippen LogP) is 4.07. The molecule has 1 saturated carbocycles. The molecule has 0 amide bonds. The second kappa shape index (κ2) is 11.0. The molecule has 3 heterocycles. The van der Waals surface area contributed by atoms with Crippen molar-refractivity contribution in [3.05, 3.63) is 46.3 Å². The van der Waals surface area contributed by atoms with E-state index in [0.29, 0.717) is 24.4 Å². The molecule has 2 aromatic heterocycles. The number of ether oxygens (including phenoxy) is 1. The molecule has 2 atom stereocenters. The van der Waals surface area contributed by atoms with Crippen molar-refractivity contribution in [3.8, 4) is 5.88 Å². The zero-order valence-corrected chi connectivity index (χ0v) is 19.5. The number of aliphatic imine (C=N–C) groups is 1. The number of piperidine rings is 1. The summed E-state index contributed by atoms with van der Waals surface area (Å²) in [7, 11) is 2.25. The predicted molar refractivity (Wildman–Crippen MR) is 128 cm³/mol. The molecule has 2 fully saturated rings. The van der Waals surface area contributed by atoms with Gasteiger partial charge in [-0.3, -0.25) is 4.90 Å². The van der Waals surface area contributed by atoms with Gasteiger partial charge in [0, 0.05) is 36.3 Å². The Labute approximate surface area is 190 Å². The van der Waals surface area contributed by atoms with Crippen molar-refractivity contribution in [2.75, 3.05) is 33.3 Å². The number of thiophene rings is 1. The molecule has 1 saturated heterocycles. The molecule has 2 N–H and O–H groups in total. The molecule has 2 aliphatic rings. The summed E-state index contributed by atoms with van der Waals surface area (Å²) in [5.74, 6) is 2.88. The second-order valence-electron chi connectivity index (χ2n) is 8.68. The summed E-state index contributed by atoms with van der Waals surface area (Å²) < 4.78 is 5.81. The van der Waals surface area contributed by atoms with Crippen molar-refractivity contribution < 1.29 is 4.74 Å². The van der Waals surface area contributed by atoms with Crippen LogP contribution in [-0.2, 0) is 6.54 Å². The summed E-state index contributed by atoms with van der Waals surface area (Å²) in [5, 5.41) is 9.19. The molecular weight excluding hydrogens is 406 g/mol. The standard InChI is InChI=1S/C24H35N5OS/c1-3-25-24(27-15-19-10-11-26-22(14-19)30-17-18-8-9-18)28-16-20-6-4-12-29(2)23(20)21-7-5-13-31-21/h5,7,10-11,13-14,18,20,23H,3-4,6,8-9,12,15-17H2,1-2H3,(H2,25,27,28). The van der Waals surface area contributed by atoms with E-state index in [2.05, 4.69) is 52.0 Å². The van der Waals surface area contributed by atoms with Crippen molar-refractivity contribution in [2.45, 2.75) is 45.2 Å². The van der Waals surface area contributed by atoms with Gasteiger partial charge in [-0.15, -0.1) is 11.3 Å². The average molecular weight is 442 g/mol. The van der Waals surface area contributed by atoms with Gasteiger partial charge in [-0.2, -0.15) is 0 Å². The molecule has 1 aliphatic heterocycles. The highest BCUT2D eigenvalue weighted by Gasteiger charge is 2.31. The fourth-order valence-corrected chi connectivity index (χ4v) is 5.22. The molecule has 7 heteroatoms. The van der Waals surface area contributed by atoms with Crippen LogP contribution in [0, 0.1) is 11.8 Å². The van der Waals surface area contributed by atoms with Crippen LogP contribution in [-0.4, -0.2) is 49.1 Å². The third-order valence-corrected chi connectivity index (χ3v) is 7.04. The molecule has 1 aliphatic carbocycles. The summed E-state index contributed by atoms with van der Waals surface area (Å²) in [6.45, 7) is 6.43. The number of guanidine groups is 1. The zero-order valence-electron chi connectivity index (χ0n) is 18.7. The highest BCUT2D eigenvalue weighted by molar-refractivity contribution is 7.10. The van der Waals surface area contributed by atoms with Gasteiger partial charge in [-0.25, -0.2) is 9.98 Å². The fourth-order valence-electron chi connectivity index (χ4n) is 4.24. The van der Waals surface area contributed by atoms with Gasteiger partial charge in [-0.05, 0) is 81.1 Å². The van der Waals surface area contributed by atoms with Gasteiger partial charge >= 0.3 is 0 Å². The highest BCUT2D eigenvalue weighted by atomic mass is 32.1. The van der Waals surface area contributed by atoms with Crippen LogP contribution < -0.4 is 15.4 Å². The normalized spacial score (nSPS) is 22.3. The van der Waals surface area contributed by atoms with E-state index in [-0.39, 0.29) is 0 Å². The summed E-state index contributed by atoms with van der Waals surface area (Å²) in [6.07, 6.45) is 6.87. The van der Waals surface area contributed by atoms with Crippen LogP contribution in [0.3, 0.4) is 0 Å². The van der Waals surface area contributed by atoms with Crippen molar-refractivity contribution in [1.82, 2.24) is 20.5 Å². The van der Waals surface area contributed by atoms with Gasteiger partial charge in [0.05, 0.1) is 13.2 Å². The SMILES string of the molecule is CCNC(=NCc1ccnc(OCC2CC2)c1)NCC1CCCN(C)C1c1cccs1. The number of hydrogen-bond donors (Lipinski definition) is 2. The monoisotopic (exact) mass is 441 g/mol. The first-order valence-electron chi connectivity index (χ1n) is 11.6. The number of rotatable bonds is 9. The smallest absolute Gasteiger partial charge is 0.213 e. The van der Waals surface area contributed by atoms with Crippen molar-refractivity contribution in [1.29, 1.82) is 0 Å². The first kappa shape index (κ1) is 22.1. The van der Waals surface area contributed by atoms with Crippen molar-refractivity contribution in [3.63, 3.8) is 0 Å². The zero-order chi connectivity index (χ0) is 21.5. The lowest BCUT2D eigenvalue weighted by molar-refractivity contribution is 0.125. The van der Waals surface area contributed by atoms with Crippen LogP contribution >= 0.6 is 11.3 Å². The summed E-state index contributed by atoms with van der Waals surface area (Å²) >= 11 is 1.87. The Balaban J connectivity index is 1.35. The maximum Gasteiger partial charge on any atom is 0.213 e. The van der Waals surface area contributed by atoms with E-state index >= 15 is 0 Å². The van der Waals surface area contributed by atoms with E-state index in [1.807, 2.05) is 29.7 Å². The molecule has 168 valence electrons. The lowest BCUT2D eigenvalue weighted by Gasteiger charge is -2.39. The molecular formula is C24H35N5OS. The molecule has 0 bridgehead atoms. The van der Waals surface area contributed by atoms with E-state index in [4.69, 9.17) is 9.73 Å². The second-order valence-corrected chi connectivity index (χ2v) is 9.66. The van der Waals surface area contributed by atoms with E-state index in [0.717, 1.165) is 37.1 Å². The van der Waals surface area contributed by atoms with Crippen molar-refractivity contribution in [2.24, 2.45) is 16.8 Å². The summed E-state index contributed by atoms with van der Waals surface area (Å²) in [5.41, 5.74) is 1.12. The first-order chi connectivity index (χ1) is 15.2. The number of pyridine rings is 1. The molecule has 0 aromatic carbocycles. The molecule has 31 heavy (non-hydrogen) atoms. The van der Waals surface area contributed by atoms with Crippen LogP contribution in [0.4, 0.5) is 0 Å². The lowest BCUT2D eigenvalue weighted by Crippen LogP contribution is -2.44. The van der Waals surface area contributed by atoms with Crippen LogP contribution in [0.5, 0.6) is 5.88 Å². The minimum Gasteiger partial charge on any atom is -0.477 e. The van der Waals surface area contributed by atoms with Gasteiger partial charge in [-0.1, -0.05) is 6.07 Å². The maximum atomic E-state index is 5.81. The van der Waals surface area contributed by atoms with Gasteiger partial charge in [0.25, 0.3) is 0 Å². The third-order valence-electron chi connectivity index (χ3n) is 6.10. The van der Waals surface area contributed by atoms with E-state index in [1.54, 1.807) is 0 Å². The summed E-state index contributed by atoms with van der Waals surface area (Å²) in [4.78, 5) is 13.1. The Morgan fingerprint density at radius 3 is 2.97 bits per heavy atom. The fraction of sp³-hybridized carbons (Fsp3) is 0.583. The topological polar surface area (TPSA) is 61.8 Å². The molecule has 2 unspecified atom stereocenters. The quantitative estimate of drug-likeness (QED) is 0.454. The van der Waals surface area contributed by atoms with Crippen LogP contribution in [0.2, 0.25) is 0 Å². The number of nitrogens with one attached hydrogen (secondary N) is 2. The minimum atomic E-state index is 0.482. The Morgan fingerprint density at radius 2 is 2.19 bits per heavy atom. The van der Waals surface area contributed by atoms with Crippen LogP contribution in [0.25, 0.3) is 0 Å². The largest absolute Gasteiger partial charge is 0.477 e. The third kappa shape index (κ3) is 6.43. The van der Waals surface area contributed by atoms with Crippen molar-refractivity contribution >= 4 is 17.3 Å². The Kier molecular flexibility index (Phi) is 7.81. The molecule has 6 nitrogen and oxygen atoms in total. The van der Waals surface area contributed by atoms with Gasteiger partial charge in [0.15, 0.2) is 5.96 Å². The molecule has 2 aromatic rings. The van der Waals surface area contributed by atoms with Gasteiger partial charge < -0.3 is 15.4 Å². The number of hydrogen-bond acceptors (Lipinski definition) is 5. The lowest BCUT2D eigenvalue weighted by atomic mass is 9.88. The summed E-state index contributed by atoms with van der Waals surface area (Å²) in [6, 6.07) is 8.94. The number of aromatic nitrogens is 1. The van der Waals surface area contributed by atoms with E-state index < -0.39 is 0 Å². The maximum absolute atomic E-state index is 5.81.